The van der Waals surface area contributed by atoms with Gasteiger partial charge in [0.05, 0.1) is 23.9 Å². The summed E-state index contributed by atoms with van der Waals surface area (Å²) in [5.41, 5.74) is -4.83. The minimum atomic E-state index is -1.72. The van der Waals surface area contributed by atoms with E-state index in [2.05, 4.69) is 37.2 Å². The molecule has 238 valence electrons. The van der Waals surface area contributed by atoms with Gasteiger partial charge in [-0.25, -0.2) is 4.79 Å². The van der Waals surface area contributed by atoms with Crippen molar-refractivity contribution in [1.29, 1.82) is 0 Å². The Kier molecular flexibility index (Phi) is 10.7. The predicted molar refractivity (Wildman–Crippen MR) is 163 cm³/mol. The maximum Gasteiger partial charge on any atom is 4.00 e. The van der Waals surface area contributed by atoms with Crippen LogP contribution >= 0.6 is 11.8 Å². The number of amides is 7. The Balaban J connectivity index is 0.00000529. The van der Waals surface area contributed by atoms with Gasteiger partial charge < -0.3 is 56.4 Å². The van der Waals surface area contributed by atoms with E-state index in [0.29, 0.717) is 11.8 Å². The van der Waals surface area contributed by atoms with Crippen LogP contribution in [-0.2, 0) is 36.2 Å². The molecule has 2 saturated heterocycles. The number of thioether (sulfide) groups is 1. The minimum Gasteiger partial charge on any atom is -0.643 e. The zero-order valence-electron chi connectivity index (χ0n) is 25.5. The number of fused-ring (bicyclic) bond motifs is 2. The first-order chi connectivity index (χ1) is 20.0. The zero-order chi connectivity index (χ0) is 31.7. The van der Waals surface area contributed by atoms with E-state index in [9.17, 15) is 28.8 Å². The van der Waals surface area contributed by atoms with Crippen molar-refractivity contribution in [2.24, 2.45) is 5.41 Å². The predicted octanol–water partition coefficient (Wildman–Crippen LogP) is 4.21. The molecule has 3 aliphatic heterocycles. The Morgan fingerprint density at radius 2 is 1.45 bits per heavy atom. The molecule has 0 aromatic heterocycles. The van der Waals surface area contributed by atoms with E-state index in [4.69, 9.17) is 0 Å². The van der Waals surface area contributed by atoms with Crippen molar-refractivity contribution < 1.29 is 45.8 Å². The van der Waals surface area contributed by atoms with Crippen LogP contribution in [0.2, 0.25) is 0 Å². The quantitative estimate of drug-likeness (QED) is 0.175. The molecule has 0 radical (unpaired) electrons. The maximum atomic E-state index is 13.2. The van der Waals surface area contributed by atoms with Crippen molar-refractivity contribution in [3.05, 3.63) is 45.0 Å². The van der Waals surface area contributed by atoms with Crippen molar-refractivity contribution in [3.63, 3.8) is 0 Å². The zero-order valence-corrected chi connectivity index (χ0v) is 27.4. The minimum absolute atomic E-state index is 0. The van der Waals surface area contributed by atoms with Crippen molar-refractivity contribution >= 4 is 58.7 Å². The second-order valence-electron chi connectivity index (χ2n) is 12.5. The van der Waals surface area contributed by atoms with Crippen LogP contribution in [-0.4, -0.2) is 76.3 Å². The van der Waals surface area contributed by atoms with Gasteiger partial charge in [-0.2, -0.15) is 11.8 Å². The molecule has 15 heteroatoms. The van der Waals surface area contributed by atoms with Crippen molar-refractivity contribution in [2.45, 2.75) is 89.2 Å². The second kappa shape index (κ2) is 13.4. The van der Waals surface area contributed by atoms with Crippen LogP contribution in [0.1, 0.15) is 71.2 Å². The molecule has 13 nitrogen and oxygen atoms in total. The van der Waals surface area contributed by atoms with Gasteiger partial charge in [0.15, 0.2) is 0 Å². The van der Waals surface area contributed by atoms with Gasteiger partial charge in [-0.05, 0) is 26.7 Å². The fraction of sp³-hybridized carbons (Fsp3) is 0.586. The van der Waals surface area contributed by atoms with Crippen LogP contribution in [0.5, 0.6) is 0 Å². The van der Waals surface area contributed by atoms with Crippen LogP contribution in [0.15, 0.2) is 18.2 Å². The average molecular weight is 668 g/mol. The van der Waals surface area contributed by atoms with E-state index in [-0.39, 0.29) is 52.1 Å². The fourth-order valence-electron chi connectivity index (χ4n) is 4.73. The number of unbranched alkanes of at least 4 members (excludes halogenated alkanes) is 1. The van der Waals surface area contributed by atoms with Crippen LogP contribution in [0.4, 0.5) is 16.2 Å². The van der Waals surface area contributed by atoms with Gasteiger partial charge in [-0.15, -0.1) is 11.4 Å². The third kappa shape index (κ3) is 7.67. The largest absolute Gasteiger partial charge is 4.00 e. The molecular weight excluding hydrogens is 630 g/mol. The molecule has 0 aliphatic carbocycles. The number of carbonyl (C=O) groups excluding carboxylic acids is 6. The summed E-state index contributed by atoms with van der Waals surface area (Å²) in [4.78, 5) is 76.7. The summed E-state index contributed by atoms with van der Waals surface area (Å²) < 4.78 is 0. The molecule has 0 spiro atoms. The smallest absolute Gasteiger partial charge is 0.643 e. The van der Waals surface area contributed by atoms with E-state index in [0.717, 1.165) is 25.0 Å². The van der Waals surface area contributed by atoms with Gasteiger partial charge in [-0.3, -0.25) is 4.79 Å². The molecule has 2 fully saturated rings. The topological polar surface area (TPSA) is 195 Å². The van der Waals surface area contributed by atoms with Crippen molar-refractivity contribution in [3.8, 4) is 0 Å². The third-order valence-corrected chi connectivity index (χ3v) is 9.21. The summed E-state index contributed by atoms with van der Waals surface area (Å²) in [7, 11) is 0. The SMILES string of the molecule is CC1(C)[N-]C(=O)C(C)(C)C(=O)[N-]C(C)(C)C(=O)[N-]c2cc(C(=O)NCCCC[C@@H]3SC[C@@H]4NC(=O)N[C@@H]43)ccc2[N-]C1=O.[Fe+4]. The van der Waals surface area contributed by atoms with E-state index >= 15 is 0 Å². The summed E-state index contributed by atoms with van der Waals surface area (Å²) in [6.07, 6.45) is 2.51. The number of nitrogens with one attached hydrogen (secondary N) is 3. The monoisotopic (exact) mass is 667 g/mol. The van der Waals surface area contributed by atoms with Gasteiger partial charge in [0.2, 0.25) is 0 Å². The molecule has 7 amide bonds. The Hall–Kier alpha value is -3.29. The molecule has 1 aromatic carbocycles. The summed E-state index contributed by atoms with van der Waals surface area (Å²) in [5.74, 6) is -2.86. The molecule has 3 N–H and O–H groups in total. The van der Waals surface area contributed by atoms with Crippen LogP contribution in [0, 0.1) is 5.41 Å². The van der Waals surface area contributed by atoms with Crippen LogP contribution in [0.25, 0.3) is 21.3 Å². The van der Waals surface area contributed by atoms with Crippen LogP contribution < -0.4 is 16.0 Å². The van der Waals surface area contributed by atoms with E-state index in [1.54, 1.807) is 0 Å². The van der Waals surface area contributed by atoms with Crippen molar-refractivity contribution in [2.75, 3.05) is 12.3 Å². The number of rotatable bonds is 6. The van der Waals surface area contributed by atoms with E-state index < -0.39 is 46.0 Å². The summed E-state index contributed by atoms with van der Waals surface area (Å²) in [6, 6.07) is 4.39. The van der Waals surface area contributed by atoms with Gasteiger partial charge in [0.1, 0.15) is 0 Å². The number of benzene rings is 1. The average Bonchev–Trinajstić information content (AvgIpc) is 3.47. The normalized spacial score (nSPS) is 25.4. The summed E-state index contributed by atoms with van der Waals surface area (Å²) >= 11 is 1.84. The number of hydrogen-bond acceptors (Lipinski definition) is 7. The van der Waals surface area contributed by atoms with E-state index in [1.165, 1.54) is 59.7 Å². The van der Waals surface area contributed by atoms with Crippen LogP contribution in [0.3, 0.4) is 0 Å². The molecule has 0 unspecified atom stereocenters. The molecule has 3 heterocycles. The van der Waals surface area contributed by atoms with Gasteiger partial charge in [0.25, 0.3) is 5.91 Å². The molecule has 1 aromatic rings. The fourth-order valence-corrected chi connectivity index (χ4v) is 6.28. The van der Waals surface area contributed by atoms with Gasteiger partial charge >= 0.3 is 23.1 Å². The first kappa shape index (κ1) is 35.2. The number of carbonyl (C=O) groups is 6. The number of nitrogens with zero attached hydrogens (tertiary/aromatic N) is 4. The number of hydrogen-bond donors (Lipinski definition) is 3. The summed E-state index contributed by atoms with van der Waals surface area (Å²) in [6.45, 7) is 8.64. The second-order valence-corrected chi connectivity index (χ2v) is 13.8. The van der Waals surface area contributed by atoms with E-state index in [1.807, 2.05) is 11.8 Å². The standard InChI is InChI=1S/C29H41N7O6S.Fe/c1-27(2)22(38)35-28(3,4)24(40)31-16-11-10-15(13-17(16)32-25(41)29(5,6)36-23(27)39)21(37)30-12-8-7-9-19-20-18(14-43-19)33-26(42)34-20;/h10-11,13,18-20H,7-9,12,14H2,1-6H3,(H7,30,31,32,33,34,35,36,37,38,39,40,41,42);/q;+4/p-4/t18-,19-,20-;/m0./s1. The first-order valence-electron chi connectivity index (χ1n) is 14.2. The molecular formula is C29H37FeN7O6S. The molecule has 0 bridgehead atoms. The Morgan fingerprint density at radius 1 is 0.864 bits per heavy atom. The number of urea groups is 1. The molecule has 4 rings (SSSR count). The Morgan fingerprint density at radius 3 is 2.07 bits per heavy atom. The third-order valence-electron chi connectivity index (χ3n) is 7.70. The molecule has 44 heavy (non-hydrogen) atoms. The van der Waals surface area contributed by atoms with Crippen molar-refractivity contribution in [1.82, 2.24) is 16.0 Å². The summed E-state index contributed by atoms with van der Waals surface area (Å²) in [5, 5.41) is 25.2. The van der Waals surface area contributed by atoms with Gasteiger partial charge in [-0.1, -0.05) is 63.4 Å². The molecule has 3 aliphatic rings. The van der Waals surface area contributed by atoms with Gasteiger partial charge in [0, 0.05) is 40.3 Å². The Labute approximate surface area is 271 Å². The Bertz CT molecular complexity index is 1350. The maximum absolute atomic E-state index is 13.2. The first-order valence-corrected chi connectivity index (χ1v) is 15.2. The molecule has 0 saturated carbocycles. The molecule has 3 atom stereocenters.